The highest BCUT2D eigenvalue weighted by atomic mass is 19.4. The summed E-state index contributed by atoms with van der Waals surface area (Å²) >= 11 is 0. The molecule has 0 unspecified atom stereocenters. The summed E-state index contributed by atoms with van der Waals surface area (Å²) in [5.74, 6) is -5.62. The number of halogens is 7. The molecule has 1 aliphatic heterocycles. The fraction of sp³-hybridized carbons (Fsp3) is 0.368. The molecule has 1 saturated heterocycles. The quantitative estimate of drug-likeness (QED) is 0.490. The van der Waals surface area contributed by atoms with Crippen molar-refractivity contribution in [1.82, 2.24) is 0 Å². The molecular weight excluding hydrogens is 404 g/mol. The standard InChI is InChI=1S/C19H16BF7O2/c1-17(2)18(3,4)29-20(28-17)16-13(23)5-9(6-14(16)24)15-11(21)7-10(8-12(15)22)19(25,26)27/h5-8H,1-4H3. The van der Waals surface area contributed by atoms with E-state index < -0.39 is 69.9 Å². The molecule has 0 spiro atoms. The molecule has 2 nitrogen and oxygen atoms in total. The Morgan fingerprint density at radius 2 is 1.14 bits per heavy atom. The molecular formula is C19H16BF7O2. The second-order valence-corrected chi connectivity index (χ2v) is 7.75. The summed E-state index contributed by atoms with van der Waals surface area (Å²) in [7, 11) is -1.41. The molecule has 0 amide bonds. The van der Waals surface area contributed by atoms with E-state index >= 15 is 0 Å². The van der Waals surface area contributed by atoms with Crippen LogP contribution in [0.1, 0.15) is 33.3 Å². The number of alkyl halides is 3. The normalized spacial score (nSPS) is 18.4. The van der Waals surface area contributed by atoms with Crippen molar-refractivity contribution in [3.8, 4) is 11.1 Å². The van der Waals surface area contributed by atoms with Gasteiger partial charge in [0.25, 0.3) is 0 Å². The zero-order valence-electron chi connectivity index (χ0n) is 15.8. The predicted molar refractivity (Wildman–Crippen MR) is 92.4 cm³/mol. The third kappa shape index (κ3) is 3.75. The van der Waals surface area contributed by atoms with E-state index in [2.05, 4.69) is 0 Å². The fourth-order valence-electron chi connectivity index (χ4n) is 2.93. The van der Waals surface area contributed by atoms with Crippen LogP contribution in [0.5, 0.6) is 0 Å². The highest BCUT2D eigenvalue weighted by Crippen LogP contribution is 2.38. The summed E-state index contributed by atoms with van der Waals surface area (Å²) < 4.78 is 107. The maximum Gasteiger partial charge on any atom is 0.500 e. The lowest BCUT2D eigenvalue weighted by Crippen LogP contribution is -2.41. The van der Waals surface area contributed by atoms with Crippen molar-refractivity contribution < 1.29 is 40.0 Å². The Bertz CT molecular complexity index is 908. The monoisotopic (exact) mass is 420 g/mol. The van der Waals surface area contributed by atoms with Crippen LogP contribution in [0.25, 0.3) is 11.1 Å². The van der Waals surface area contributed by atoms with E-state index in [-0.39, 0.29) is 12.1 Å². The molecule has 2 aromatic rings. The Hall–Kier alpha value is -2.07. The molecule has 1 heterocycles. The van der Waals surface area contributed by atoms with E-state index in [4.69, 9.17) is 9.31 Å². The van der Waals surface area contributed by atoms with Crippen LogP contribution in [0.2, 0.25) is 0 Å². The van der Waals surface area contributed by atoms with E-state index in [9.17, 15) is 30.7 Å². The van der Waals surface area contributed by atoms with Gasteiger partial charge in [0.2, 0.25) is 0 Å². The molecule has 0 aliphatic carbocycles. The third-order valence-electron chi connectivity index (χ3n) is 5.23. The van der Waals surface area contributed by atoms with E-state index in [0.29, 0.717) is 12.1 Å². The summed E-state index contributed by atoms with van der Waals surface area (Å²) in [5.41, 5.74) is -5.49. The van der Waals surface area contributed by atoms with Crippen molar-refractivity contribution in [3.63, 3.8) is 0 Å². The van der Waals surface area contributed by atoms with Gasteiger partial charge in [-0.3, -0.25) is 0 Å². The minimum atomic E-state index is -4.97. The lowest BCUT2D eigenvalue weighted by molar-refractivity contribution is -0.138. The molecule has 1 fully saturated rings. The van der Waals surface area contributed by atoms with Gasteiger partial charge in [-0.15, -0.1) is 0 Å². The summed E-state index contributed by atoms with van der Waals surface area (Å²) in [6, 6.07) is 1.38. The number of hydrogen-bond acceptors (Lipinski definition) is 2. The molecule has 0 bridgehead atoms. The average Bonchev–Trinajstić information content (AvgIpc) is 2.72. The smallest absolute Gasteiger partial charge is 0.399 e. The van der Waals surface area contributed by atoms with Crippen LogP contribution in [-0.2, 0) is 15.5 Å². The van der Waals surface area contributed by atoms with E-state index in [1.807, 2.05) is 0 Å². The van der Waals surface area contributed by atoms with Crippen molar-refractivity contribution in [2.75, 3.05) is 0 Å². The molecule has 0 saturated carbocycles. The molecule has 2 aromatic carbocycles. The lowest BCUT2D eigenvalue weighted by atomic mass is 9.77. The fourth-order valence-corrected chi connectivity index (χ4v) is 2.93. The van der Waals surface area contributed by atoms with E-state index in [1.54, 1.807) is 27.7 Å². The van der Waals surface area contributed by atoms with Gasteiger partial charge >= 0.3 is 13.3 Å². The van der Waals surface area contributed by atoms with E-state index in [1.165, 1.54) is 0 Å². The molecule has 0 aromatic heterocycles. The zero-order valence-corrected chi connectivity index (χ0v) is 15.8. The second-order valence-electron chi connectivity index (χ2n) is 7.75. The molecule has 10 heteroatoms. The van der Waals surface area contributed by atoms with Gasteiger partial charge in [0.05, 0.1) is 27.8 Å². The van der Waals surface area contributed by atoms with Crippen LogP contribution in [0.15, 0.2) is 24.3 Å². The SMILES string of the molecule is CC1(C)OB(c2c(F)cc(-c3c(F)cc(C(F)(F)F)cc3F)cc2F)OC1(C)C. The first-order valence-corrected chi connectivity index (χ1v) is 8.55. The topological polar surface area (TPSA) is 18.5 Å². The van der Waals surface area contributed by atoms with Gasteiger partial charge in [-0.05, 0) is 57.5 Å². The molecule has 156 valence electrons. The first-order valence-electron chi connectivity index (χ1n) is 8.55. The number of hydrogen-bond donors (Lipinski definition) is 0. The molecule has 1 aliphatic rings. The number of rotatable bonds is 2. The Balaban J connectivity index is 2.06. The first kappa shape index (κ1) is 21.6. The third-order valence-corrected chi connectivity index (χ3v) is 5.23. The zero-order chi connectivity index (χ0) is 21.9. The van der Waals surface area contributed by atoms with Crippen LogP contribution in [0, 0.1) is 23.3 Å². The van der Waals surface area contributed by atoms with Crippen molar-refractivity contribution in [2.24, 2.45) is 0 Å². The lowest BCUT2D eigenvalue weighted by Gasteiger charge is -2.32. The van der Waals surface area contributed by atoms with Crippen molar-refractivity contribution >= 4 is 12.6 Å². The summed E-state index contributed by atoms with van der Waals surface area (Å²) in [6.07, 6.45) is -4.97. The first-order chi connectivity index (χ1) is 13.1. The maximum atomic E-state index is 14.7. The van der Waals surface area contributed by atoms with Gasteiger partial charge in [-0.1, -0.05) is 0 Å². The highest BCUT2D eigenvalue weighted by molar-refractivity contribution is 6.62. The summed E-state index contributed by atoms with van der Waals surface area (Å²) in [5, 5.41) is 0. The minimum Gasteiger partial charge on any atom is -0.399 e. The minimum absolute atomic E-state index is 0.0658. The molecule has 3 rings (SSSR count). The van der Waals surface area contributed by atoms with Crippen LogP contribution >= 0.6 is 0 Å². The van der Waals surface area contributed by atoms with Gasteiger partial charge < -0.3 is 9.31 Å². The Kier molecular flexibility index (Phi) is 5.02. The molecule has 29 heavy (non-hydrogen) atoms. The largest absolute Gasteiger partial charge is 0.500 e. The summed E-state index contributed by atoms with van der Waals surface area (Å²) in [6.45, 7) is 6.68. The Morgan fingerprint density at radius 1 is 0.724 bits per heavy atom. The molecule has 0 atom stereocenters. The number of benzene rings is 2. The van der Waals surface area contributed by atoms with Crippen LogP contribution in [0.3, 0.4) is 0 Å². The van der Waals surface area contributed by atoms with Crippen molar-refractivity contribution in [1.29, 1.82) is 0 Å². The maximum absolute atomic E-state index is 14.7. The van der Waals surface area contributed by atoms with Gasteiger partial charge in [-0.25, -0.2) is 17.6 Å². The Labute approximate surface area is 162 Å². The van der Waals surface area contributed by atoms with Gasteiger partial charge in [0, 0.05) is 0 Å². The Morgan fingerprint density at radius 3 is 1.52 bits per heavy atom. The van der Waals surface area contributed by atoms with Crippen molar-refractivity contribution in [3.05, 3.63) is 53.1 Å². The van der Waals surface area contributed by atoms with Crippen molar-refractivity contribution in [2.45, 2.75) is 45.1 Å². The van der Waals surface area contributed by atoms with Gasteiger partial charge in [-0.2, -0.15) is 13.2 Å². The van der Waals surface area contributed by atoms with E-state index in [0.717, 1.165) is 0 Å². The van der Waals surface area contributed by atoms with Crippen LogP contribution < -0.4 is 5.46 Å². The highest BCUT2D eigenvalue weighted by Gasteiger charge is 2.53. The van der Waals surface area contributed by atoms with Gasteiger partial charge in [0.15, 0.2) is 0 Å². The van der Waals surface area contributed by atoms with Gasteiger partial charge in [0.1, 0.15) is 23.3 Å². The average molecular weight is 420 g/mol. The predicted octanol–water partition coefficient (Wildman–Crippen LogP) is 5.23. The van der Waals surface area contributed by atoms with Crippen LogP contribution in [0.4, 0.5) is 30.7 Å². The molecule has 0 N–H and O–H groups in total. The second kappa shape index (κ2) is 6.73. The molecule has 0 radical (unpaired) electrons. The van der Waals surface area contributed by atoms with Crippen LogP contribution in [-0.4, -0.2) is 18.3 Å². The summed E-state index contributed by atoms with van der Waals surface area (Å²) in [4.78, 5) is 0.